The van der Waals surface area contributed by atoms with Gasteiger partial charge in [-0.3, -0.25) is 0 Å². The van der Waals surface area contributed by atoms with Crippen molar-refractivity contribution >= 4 is 17.3 Å². The van der Waals surface area contributed by atoms with Gasteiger partial charge >= 0.3 is 0 Å². The van der Waals surface area contributed by atoms with E-state index in [9.17, 15) is 0 Å². The molecule has 3 rings (SSSR count). The Hall–Kier alpha value is -1.59. The molecule has 0 aliphatic carbocycles. The van der Waals surface area contributed by atoms with Gasteiger partial charge in [-0.15, -0.1) is 0 Å². The number of aromatic nitrogens is 2. The van der Waals surface area contributed by atoms with E-state index in [-0.39, 0.29) is 5.92 Å². The van der Waals surface area contributed by atoms with Crippen molar-refractivity contribution in [2.24, 2.45) is 0 Å². The third kappa shape index (κ3) is 2.19. The SMILES string of the molecule is Nc1cc(Cl)cc(-c2nc(C3CCOC3)no2)c1. The predicted molar refractivity (Wildman–Crippen MR) is 67.3 cm³/mol. The molecule has 5 nitrogen and oxygen atoms in total. The summed E-state index contributed by atoms with van der Waals surface area (Å²) in [5.41, 5.74) is 7.04. The summed E-state index contributed by atoms with van der Waals surface area (Å²) in [4.78, 5) is 4.37. The maximum Gasteiger partial charge on any atom is 0.258 e. The van der Waals surface area contributed by atoms with E-state index in [0.717, 1.165) is 18.6 Å². The van der Waals surface area contributed by atoms with Crippen molar-refractivity contribution in [3.05, 3.63) is 29.0 Å². The Morgan fingerprint density at radius 2 is 2.22 bits per heavy atom. The molecule has 6 heteroatoms. The smallest absolute Gasteiger partial charge is 0.258 e. The monoisotopic (exact) mass is 265 g/mol. The van der Waals surface area contributed by atoms with Crippen molar-refractivity contribution in [1.82, 2.24) is 10.1 Å². The van der Waals surface area contributed by atoms with Gasteiger partial charge in [0.15, 0.2) is 5.82 Å². The number of hydrogen-bond donors (Lipinski definition) is 1. The molecular formula is C12H12ClN3O2. The number of nitrogens with two attached hydrogens (primary N) is 1. The molecule has 0 bridgehead atoms. The molecule has 18 heavy (non-hydrogen) atoms. The lowest BCUT2D eigenvalue weighted by atomic mass is 10.1. The van der Waals surface area contributed by atoms with Gasteiger partial charge in [-0.1, -0.05) is 16.8 Å². The standard InChI is InChI=1S/C12H12ClN3O2/c13-9-3-8(4-10(14)5-9)12-15-11(16-18-12)7-1-2-17-6-7/h3-5,7H,1-2,6,14H2. The molecular weight excluding hydrogens is 254 g/mol. The van der Waals surface area contributed by atoms with Gasteiger partial charge in [0, 0.05) is 28.8 Å². The Morgan fingerprint density at radius 1 is 1.33 bits per heavy atom. The summed E-state index contributed by atoms with van der Waals surface area (Å²) in [6.07, 6.45) is 0.927. The molecule has 2 heterocycles. The van der Waals surface area contributed by atoms with Crippen molar-refractivity contribution in [2.75, 3.05) is 18.9 Å². The zero-order chi connectivity index (χ0) is 12.5. The minimum Gasteiger partial charge on any atom is -0.399 e. The van der Waals surface area contributed by atoms with E-state index in [0.29, 0.717) is 29.0 Å². The fourth-order valence-electron chi connectivity index (χ4n) is 1.99. The number of nitrogen functional groups attached to an aromatic ring is 1. The van der Waals surface area contributed by atoms with Gasteiger partial charge in [0.2, 0.25) is 0 Å². The molecule has 1 fully saturated rings. The average molecular weight is 266 g/mol. The highest BCUT2D eigenvalue weighted by Crippen LogP contribution is 2.28. The number of ether oxygens (including phenoxy) is 1. The first-order chi connectivity index (χ1) is 8.72. The molecule has 0 amide bonds. The lowest BCUT2D eigenvalue weighted by Crippen LogP contribution is -1.99. The Kier molecular flexibility index (Phi) is 2.93. The van der Waals surface area contributed by atoms with Crippen molar-refractivity contribution < 1.29 is 9.26 Å². The first kappa shape index (κ1) is 11.5. The number of halogens is 1. The van der Waals surface area contributed by atoms with Crippen LogP contribution in [0.1, 0.15) is 18.2 Å². The highest BCUT2D eigenvalue weighted by atomic mass is 35.5. The largest absolute Gasteiger partial charge is 0.399 e. The van der Waals surface area contributed by atoms with Gasteiger partial charge in [0.1, 0.15) is 0 Å². The number of rotatable bonds is 2. The summed E-state index contributed by atoms with van der Waals surface area (Å²) in [7, 11) is 0. The Labute approximate surface area is 109 Å². The van der Waals surface area contributed by atoms with Crippen LogP contribution in [0.2, 0.25) is 5.02 Å². The maximum absolute atomic E-state index is 5.94. The molecule has 1 unspecified atom stereocenters. The van der Waals surface area contributed by atoms with Crippen LogP contribution in [0.4, 0.5) is 5.69 Å². The molecule has 2 N–H and O–H groups in total. The normalized spacial score (nSPS) is 19.3. The minimum atomic E-state index is 0.221. The summed E-state index contributed by atoms with van der Waals surface area (Å²) < 4.78 is 10.5. The Bertz CT molecular complexity index is 544. The lowest BCUT2D eigenvalue weighted by Gasteiger charge is -1.99. The van der Waals surface area contributed by atoms with E-state index in [2.05, 4.69) is 10.1 Å². The molecule has 1 saturated heterocycles. The van der Waals surface area contributed by atoms with E-state index < -0.39 is 0 Å². The first-order valence-electron chi connectivity index (χ1n) is 5.70. The van der Waals surface area contributed by atoms with Crippen LogP contribution in [0.5, 0.6) is 0 Å². The number of nitrogens with zero attached hydrogens (tertiary/aromatic N) is 2. The van der Waals surface area contributed by atoms with Gasteiger partial charge in [-0.05, 0) is 24.6 Å². The van der Waals surface area contributed by atoms with Gasteiger partial charge in [-0.25, -0.2) is 0 Å². The quantitative estimate of drug-likeness (QED) is 0.845. The van der Waals surface area contributed by atoms with Crippen LogP contribution in [0, 0.1) is 0 Å². The molecule has 1 aliphatic heterocycles. The summed E-state index contributed by atoms with van der Waals surface area (Å²) in [6, 6.07) is 5.18. The van der Waals surface area contributed by atoms with Crippen molar-refractivity contribution in [1.29, 1.82) is 0 Å². The highest BCUT2D eigenvalue weighted by Gasteiger charge is 2.23. The number of hydrogen-bond acceptors (Lipinski definition) is 5. The van der Waals surface area contributed by atoms with Gasteiger partial charge in [0.05, 0.1) is 6.61 Å². The Morgan fingerprint density at radius 3 is 2.94 bits per heavy atom. The van der Waals surface area contributed by atoms with Crippen LogP contribution in [0.15, 0.2) is 22.7 Å². The second-order valence-electron chi connectivity index (χ2n) is 4.29. The van der Waals surface area contributed by atoms with E-state index in [4.69, 9.17) is 26.6 Å². The maximum atomic E-state index is 5.94. The topological polar surface area (TPSA) is 74.2 Å². The second kappa shape index (κ2) is 4.59. The predicted octanol–water partition coefficient (Wildman–Crippen LogP) is 2.48. The van der Waals surface area contributed by atoms with Crippen LogP contribution >= 0.6 is 11.6 Å². The van der Waals surface area contributed by atoms with Crippen LogP contribution < -0.4 is 5.73 Å². The van der Waals surface area contributed by atoms with Crippen LogP contribution in [-0.2, 0) is 4.74 Å². The molecule has 0 saturated carbocycles. The molecule has 2 aromatic rings. The van der Waals surface area contributed by atoms with Gasteiger partial charge in [0.25, 0.3) is 5.89 Å². The van der Waals surface area contributed by atoms with Crippen molar-refractivity contribution in [2.45, 2.75) is 12.3 Å². The minimum absolute atomic E-state index is 0.221. The molecule has 1 aromatic carbocycles. The zero-order valence-corrected chi connectivity index (χ0v) is 10.4. The fraction of sp³-hybridized carbons (Fsp3) is 0.333. The molecule has 0 spiro atoms. The number of benzene rings is 1. The third-order valence-corrected chi connectivity index (χ3v) is 3.12. The van der Waals surface area contributed by atoms with E-state index in [1.165, 1.54) is 0 Å². The summed E-state index contributed by atoms with van der Waals surface area (Å²) in [5, 5.41) is 4.53. The fourth-order valence-corrected chi connectivity index (χ4v) is 2.24. The van der Waals surface area contributed by atoms with E-state index in [1.807, 2.05) is 0 Å². The Balaban J connectivity index is 1.92. The molecule has 94 valence electrons. The molecule has 1 aromatic heterocycles. The summed E-state index contributed by atoms with van der Waals surface area (Å²) in [5.74, 6) is 1.34. The van der Waals surface area contributed by atoms with Crippen LogP contribution in [-0.4, -0.2) is 23.4 Å². The highest BCUT2D eigenvalue weighted by molar-refractivity contribution is 6.31. The van der Waals surface area contributed by atoms with E-state index in [1.54, 1.807) is 18.2 Å². The van der Waals surface area contributed by atoms with Crippen molar-refractivity contribution in [3.8, 4) is 11.5 Å². The zero-order valence-electron chi connectivity index (χ0n) is 9.60. The average Bonchev–Trinajstić information content (AvgIpc) is 2.99. The van der Waals surface area contributed by atoms with Crippen LogP contribution in [0.25, 0.3) is 11.5 Å². The molecule has 0 radical (unpaired) electrons. The summed E-state index contributed by atoms with van der Waals surface area (Å²) in [6.45, 7) is 1.40. The molecule has 1 aliphatic rings. The van der Waals surface area contributed by atoms with E-state index >= 15 is 0 Å². The van der Waals surface area contributed by atoms with Gasteiger partial charge in [-0.2, -0.15) is 4.98 Å². The second-order valence-corrected chi connectivity index (χ2v) is 4.73. The molecule has 1 atom stereocenters. The van der Waals surface area contributed by atoms with Crippen LogP contribution in [0.3, 0.4) is 0 Å². The summed E-state index contributed by atoms with van der Waals surface area (Å²) >= 11 is 5.94. The van der Waals surface area contributed by atoms with Gasteiger partial charge < -0.3 is 15.0 Å². The lowest BCUT2D eigenvalue weighted by molar-refractivity contribution is 0.192. The number of anilines is 1. The van der Waals surface area contributed by atoms with Crippen molar-refractivity contribution in [3.63, 3.8) is 0 Å². The third-order valence-electron chi connectivity index (χ3n) is 2.90. The first-order valence-corrected chi connectivity index (χ1v) is 6.08.